The first-order valence-electron chi connectivity index (χ1n) is 15.5. The van der Waals surface area contributed by atoms with Crippen molar-refractivity contribution in [3.8, 4) is 11.1 Å². The van der Waals surface area contributed by atoms with Crippen LogP contribution in [-0.2, 0) is 11.8 Å². The van der Waals surface area contributed by atoms with E-state index in [4.69, 9.17) is 9.97 Å². The minimum absolute atomic E-state index is 0.338. The van der Waals surface area contributed by atoms with Crippen LogP contribution in [0.25, 0.3) is 45.3 Å². The largest absolute Gasteiger partial charge is 0.355 e. The standard InChI is InChI=1S/C39H33N5O2/c1-21-15-22(2)33(23(3)16-21)34-29-14-13-25(41-29)17-24-11-12-26(40-24)18-32-39(4,5)20-31(42-32)35-36-28(19-30(34)43-36)37(45)44(38(35)46)27-9-7-6-8-10-27/h6-19,40,43H,20H2,1-5H3. The van der Waals surface area contributed by atoms with Gasteiger partial charge in [0.15, 0.2) is 0 Å². The summed E-state index contributed by atoms with van der Waals surface area (Å²) >= 11 is 0. The minimum atomic E-state index is -0.385. The Labute approximate surface area is 266 Å². The fourth-order valence-corrected chi connectivity index (χ4v) is 7.16. The van der Waals surface area contributed by atoms with Gasteiger partial charge in [0.05, 0.1) is 39.4 Å². The molecule has 0 aliphatic carbocycles. The van der Waals surface area contributed by atoms with Crippen LogP contribution >= 0.6 is 0 Å². The van der Waals surface area contributed by atoms with Crippen molar-refractivity contribution in [1.82, 2.24) is 19.9 Å². The Kier molecular flexibility index (Phi) is 6.06. The zero-order valence-corrected chi connectivity index (χ0v) is 26.4. The fourth-order valence-electron chi connectivity index (χ4n) is 7.16. The number of aromatic amines is 2. The van der Waals surface area contributed by atoms with Crippen molar-refractivity contribution < 1.29 is 9.59 Å². The topological polar surface area (TPSA) is 94.7 Å². The number of aryl methyl sites for hydroxylation is 3. The maximum absolute atomic E-state index is 14.5. The lowest BCUT2D eigenvalue weighted by Gasteiger charge is -2.25. The summed E-state index contributed by atoms with van der Waals surface area (Å²) in [7, 11) is 0. The fraction of sp³-hybridized carbons (Fsp3) is 0.179. The Morgan fingerprint density at radius 1 is 0.739 bits per heavy atom. The van der Waals surface area contributed by atoms with E-state index in [1.807, 2.05) is 60.7 Å². The Hall–Kier alpha value is -5.56. The van der Waals surface area contributed by atoms with Crippen molar-refractivity contribution in [2.45, 2.75) is 46.5 Å². The van der Waals surface area contributed by atoms with E-state index in [1.54, 1.807) is 12.1 Å². The summed E-state index contributed by atoms with van der Waals surface area (Å²) in [5.41, 5.74) is 12.5. The molecule has 3 aliphatic heterocycles. The number of amides is 2. The van der Waals surface area contributed by atoms with Gasteiger partial charge < -0.3 is 9.97 Å². The van der Waals surface area contributed by atoms with Crippen LogP contribution in [-0.4, -0.2) is 31.8 Å². The van der Waals surface area contributed by atoms with Crippen LogP contribution in [0.5, 0.6) is 0 Å². The molecule has 0 atom stereocenters. The Morgan fingerprint density at radius 3 is 2.20 bits per heavy atom. The molecular formula is C39H33N5O2. The summed E-state index contributed by atoms with van der Waals surface area (Å²) in [5, 5.41) is 0. The number of nitrogens with one attached hydrogen (secondary N) is 2. The highest BCUT2D eigenvalue weighted by molar-refractivity contribution is 6.34. The lowest BCUT2D eigenvalue weighted by molar-refractivity contribution is 0.0893. The number of nitrogens with zero attached hydrogens (tertiary/aromatic N) is 3. The predicted molar refractivity (Wildman–Crippen MR) is 184 cm³/mol. The van der Waals surface area contributed by atoms with E-state index in [0.29, 0.717) is 34.4 Å². The SMILES string of the molecule is Cc1cc(C)c(-c2c3nc(cc4ccc(cc5nc(c6c7[nH]c2cc7C(=O)N(c2ccccc2)C6=O)CC5(C)C)[nH]4)C=C3)c(C)c1. The van der Waals surface area contributed by atoms with Gasteiger partial charge in [-0.25, -0.2) is 9.88 Å². The molecule has 0 saturated carbocycles. The molecule has 3 aromatic heterocycles. The van der Waals surface area contributed by atoms with Crippen molar-refractivity contribution in [3.05, 3.63) is 123 Å². The molecule has 46 heavy (non-hydrogen) atoms. The minimum Gasteiger partial charge on any atom is -0.355 e. The lowest BCUT2D eigenvalue weighted by atomic mass is 9.85. The van der Waals surface area contributed by atoms with Crippen LogP contribution < -0.4 is 4.90 Å². The van der Waals surface area contributed by atoms with Crippen LogP contribution in [0.2, 0.25) is 0 Å². The molecule has 226 valence electrons. The molecule has 2 N–H and O–H groups in total. The van der Waals surface area contributed by atoms with Crippen molar-refractivity contribution in [2.24, 2.45) is 0 Å². The van der Waals surface area contributed by atoms with E-state index in [0.717, 1.165) is 55.9 Å². The molecule has 2 amide bonds. The van der Waals surface area contributed by atoms with Gasteiger partial charge in [-0.15, -0.1) is 0 Å². The Bertz CT molecular complexity index is 2320. The second-order valence-electron chi connectivity index (χ2n) is 13.2. The Balaban J connectivity index is 1.57. The van der Waals surface area contributed by atoms with Crippen LogP contribution in [0.15, 0.2) is 72.8 Å². The van der Waals surface area contributed by atoms with Crippen LogP contribution in [0.1, 0.15) is 74.0 Å². The third-order valence-corrected chi connectivity index (χ3v) is 9.22. The molecule has 5 aromatic rings. The zero-order valence-electron chi connectivity index (χ0n) is 26.4. The van der Waals surface area contributed by atoms with Gasteiger partial charge in [-0.05, 0) is 92.1 Å². The maximum Gasteiger partial charge on any atom is 0.269 e. The van der Waals surface area contributed by atoms with E-state index in [9.17, 15) is 9.59 Å². The maximum atomic E-state index is 14.5. The van der Waals surface area contributed by atoms with Gasteiger partial charge in [0.25, 0.3) is 11.8 Å². The number of carbonyl (C=O) groups excluding carboxylic acids is 2. The van der Waals surface area contributed by atoms with Gasteiger partial charge in [-0.2, -0.15) is 0 Å². The van der Waals surface area contributed by atoms with Gasteiger partial charge in [-0.1, -0.05) is 49.7 Å². The number of rotatable bonds is 2. The molecule has 2 aromatic carbocycles. The molecular weight excluding hydrogens is 570 g/mol. The summed E-state index contributed by atoms with van der Waals surface area (Å²) in [6.07, 6.45) is 4.57. The highest BCUT2D eigenvalue weighted by atomic mass is 16.2. The molecule has 7 nitrogen and oxygen atoms in total. The number of benzene rings is 2. The first-order valence-corrected chi connectivity index (χ1v) is 15.5. The smallest absolute Gasteiger partial charge is 0.269 e. The van der Waals surface area contributed by atoms with E-state index < -0.39 is 0 Å². The average Bonchev–Trinajstić information content (AvgIpc) is 3.79. The van der Waals surface area contributed by atoms with Crippen LogP contribution in [0.3, 0.4) is 0 Å². The third-order valence-electron chi connectivity index (χ3n) is 9.22. The molecule has 0 radical (unpaired) electrons. The number of para-hydroxylation sites is 1. The summed E-state index contributed by atoms with van der Waals surface area (Å²) in [5.74, 6) is -0.757. The van der Waals surface area contributed by atoms with E-state index in [2.05, 4.69) is 56.7 Å². The lowest BCUT2D eigenvalue weighted by Crippen LogP contribution is -2.40. The van der Waals surface area contributed by atoms with Crippen LogP contribution in [0.4, 0.5) is 5.69 Å². The number of imide groups is 1. The van der Waals surface area contributed by atoms with Gasteiger partial charge in [-0.3, -0.25) is 14.6 Å². The number of H-pyrrole nitrogens is 2. The highest BCUT2D eigenvalue weighted by Gasteiger charge is 2.39. The predicted octanol–water partition coefficient (Wildman–Crippen LogP) is 8.40. The molecule has 8 rings (SSSR count). The van der Waals surface area contributed by atoms with Gasteiger partial charge in [0, 0.05) is 39.6 Å². The van der Waals surface area contributed by atoms with Gasteiger partial charge in [0.2, 0.25) is 0 Å². The second kappa shape index (κ2) is 9.97. The molecule has 0 spiro atoms. The molecule has 6 heterocycles. The number of aromatic nitrogens is 4. The molecule has 0 unspecified atom stereocenters. The van der Waals surface area contributed by atoms with Gasteiger partial charge >= 0.3 is 0 Å². The quantitative estimate of drug-likeness (QED) is 0.194. The second-order valence-corrected chi connectivity index (χ2v) is 13.2. The summed E-state index contributed by atoms with van der Waals surface area (Å²) < 4.78 is 0. The number of anilines is 1. The molecule has 0 fully saturated rings. The van der Waals surface area contributed by atoms with Crippen molar-refractivity contribution in [1.29, 1.82) is 0 Å². The zero-order chi connectivity index (χ0) is 31.9. The summed E-state index contributed by atoms with van der Waals surface area (Å²) in [4.78, 5) is 47.3. The normalized spacial score (nSPS) is 15.1. The van der Waals surface area contributed by atoms with E-state index in [1.165, 1.54) is 10.5 Å². The number of fused-ring (bicyclic) bond motifs is 8. The van der Waals surface area contributed by atoms with Crippen molar-refractivity contribution >= 4 is 51.7 Å². The number of carbonyl (C=O) groups is 2. The van der Waals surface area contributed by atoms with E-state index in [-0.39, 0.29) is 17.2 Å². The van der Waals surface area contributed by atoms with Crippen molar-refractivity contribution in [2.75, 3.05) is 4.90 Å². The van der Waals surface area contributed by atoms with Gasteiger partial charge in [0.1, 0.15) is 0 Å². The molecule has 3 aliphatic rings. The summed E-state index contributed by atoms with van der Waals surface area (Å²) in [6.45, 7) is 10.6. The number of hydrogen-bond donors (Lipinski definition) is 2. The first kappa shape index (κ1) is 28.0. The highest BCUT2D eigenvalue weighted by Crippen LogP contribution is 2.40. The first-order chi connectivity index (χ1) is 22.1. The monoisotopic (exact) mass is 603 g/mol. The average molecular weight is 604 g/mol. The molecule has 8 bridgehead atoms. The number of hydrogen-bond acceptors (Lipinski definition) is 4. The molecule has 0 saturated heterocycles. The summed E-state index contributed by atoms with van der Waals surface area (Å²) in [6, 6.07) is 23.5. The molecule has 7 heteroatoms. The third kappa shape index (κ3) is 4.34. The van der Waals surface area contributed by atoms with E-state index >= 15 is 0 Å². The Morgan fingerprint density at radius 2 is 1.46 bits per heavy atom. The van der Waals surface area contributed by atoms with Crippen LogP contribution in [0, 0.1) is 20.8 Å². The van der Waals surface area contributed by atoms with Crippen molar-refractivity contribution in [3.63, 3.8) is 0 Å².